The Morgan fingerprint density at radius 3 is 2.50 bits per heavy atom. The smallest absolute Gasteiger partial charge is 0.161 e. The third-order valence-corrected chi connectivity index (χ3v) is 6.24. The van der Waals surface area contributed by atoms with E-state index >= 15 is 0 Å². The predicted molar refractivity (Wildman–Crippen MR) is 128 cm³/mol. The first-order valence-electron chi connectivity index (χ1n) is 10.1. The Kier molecular flexibility index (Phi) is 6.70. The van der Waals surface area contributed by atoms with Gasteiger partial charge in [-0.25, -0.2) is 0 Å². The fourth-order valence-electron chi connectivity index (χ4n) is 3.62. The lowest BCUT2D eigenvalue weighted by Gasteiger charge is -2.31. The average Bonchev–Trinajstić information content (AvgIpc) is 2.78. The zero-order valence-corrected chi connectivity index (χ0v) is 19.3. The number of rotatable bonds is 6. The maximum atomic E-state index is 6.05. The molecule has 0 radical (unpaired) electrons. The van der Waals surface area contributed by atoms with Gasteiger partial charge in [-0.3, -0.25) is 0 Å². The molecule has 0 atom stereocenters. The highest BCUT2D eigenvalue weighted by Crippen LogP contribution is 2.31. The Labute approximate surface area is 191 Å². The molecule has 0 saturated heterocycles. The van der Waals surface area contributed by atoms with E-state index in [1.807, 2.05) is 49.4 Å². The van der Waals surface area contributed by atoms with Gasteiger partial charge in [0.2, 0.25) is 0 Å². The maximum Gasteiger partial charge on any atom is 0.161 e. The third-order valence-electron chi connectivity index (χ3n) is 5.22. The van der Waals surface area contributed by atoms with Crippen LogP contribution in [0.15, 0.2) is 71.2 Å². The van der Waals surface area contributed by atoms with Crippen LogP contribution in [0.4, 0.5) is 0 Å². The summed E-state index contributed by atoms with van der Waals surface area (Å²) in [5.74, 6) is 1.46. The molecule has 0 fully saturated rings. The van der Waals surface area contributed by atoms with E-state index in [2.05, 4.69) is 45.1 Å². The first kappa shape index (κ1) is 20.9. The van der Waals surface area contributed by atoms with Crippen molar-refractivity contribution in [3.05, 3.63) is 93.5 Å². The molecule has 0 amide bonds. The molecule has 0 N–H and O–H groups in total. The fourth-order valence-corrected chi connectivity index (χ4v) is 4.17. The van der Waals surface area contributed by atoms with Gasteiger partial charge in [-0.05, 0) is 60.4 Å². The van der Waals surface area contributed by atoms with E-state index < -0.39 is 0 Å². The lowest BCUT2D eigenvalue weighted by atomic mass is 9.99. The predicted octanol–water partition coefficient (Wildman–Crippen LogP) is 6.16. The highest BCUT2D eigenvalue weighted by Gasteiger charge is 2.20. The van der Waals surface area contributed by atoms with Crippen molar-refractivity contribution < 1.29 is 9.47 Å². The Balaban J connectivity index is 1.49. The Morgan fingerprint density at radius 2 is 1.73 bits per heavy atom. The highest BCUT2D eigenvalue weighted by atomic mass is 79.9. The van der Waals surface area contributed by atoms with Gasteiger partial charge in [-0.1, -0.05) is 64.5 Å². The van der Waals surface area contributed by atoms with E-state index in [0.29, 0.717) is 13.2 Å². The van der Waals surface area contributed by atoms with Gasteiger partial charge in [0, 0.05) is 23.1 Å². The van der Waals surface area contributed by atoms with Gasteiger partial charge in [0.25, 0.3) is 0 Å². The lowest BCUT2D eigenvalue weighted by Crippen LogP contribution is -2.35. The van der Waals surface area contributed by atoms with Crippen molar-refractivity contribution in [2.45, 2.75) is 26.5 Å². The number of halogens is 1. The largest absolute Gasteiger partial charge is 0.490 e. The second-order valence-electron chi connectivity index (χ2n) is 7.26. The van der Waals surface area contributed by atoms with Gasteiger partial charge < -0.3 is 14.4 Å². The van der Waals surface area contributed by atoms with Crippen LogP contribution in [0.3, 0.4) is 0 Å². The molecule has 0 aliphatic carbocycles. The molecule has 1 heterocycles. The minimum Gasteiger partial charge on any atom is -0.490 e. The normalized spacial score (nSPS) is 12.9. The van der Waals surface area contributed by atoms with Crippen LogP contribution in [0.1, 0.15) is 29.2 Å². The van der Waals surface area contributed by atoms with Gasteiger partial charge in [0.15, 0.2) is 11.5 Å². The molecule has 1 aliphatic heterocycles. The third kappa shape index (κ3) is 4.85. The van der Waals surface area contributed by atoms with Crippen LogP contribution in [0.2, 0.25) is 0 Å². The molecule has 3 aromatic rings. The quantitative estimate of drug-likeness (QED) is 0.393. The van der Waals surface area contributed by atoms with E-state index in [4.69, 9.17) is 21.7 Å². The van der Waals surface area contributed by atoms with E-state index in [1.165, 1.54) is 11.1 Å². The van der Waals surface area contributed by atoms with Crippen LogP contribution in [0, 0.1) is 0 Å². The van der Waals surface area contributed by atoms with Crippen LogP contribution in [0.25, 0.3) is 0 Å². The van der Waals surface area contributed by atoms with Crippen molar-refractivity contribution in [2.75, 3.05) is 13.2 Å². The fraction of sp³-hybridized carbons (Fsp3) is 0.240. The Morgan fingerprint density at radius 1 is 0.967 bits per heavy atom. The monoisotopic (exact) mass is 481 g/mol. The van der Waals surface area contributed by atoms with Crippen LogP contribution in [-0.2, 0) is 19.6 Å². The zero-order valence-electron chi connectivity index (χ0n) is 16.9. The summed E-state index contributed by atoms with van der Waals surface area (Å²) in [4.78, 5) is 3.12. The molecule has 0 spiro atoms. The number of fused-ring (bicyclic) bond motifs is 1. The molecular weight excluding hydrogens is 458 g/mol. The van der Waals surface area contributed by atoms with Crippen molar-refractivity contribution in [3.63, 3.8) is 0 Å². The average molecular weight is 482 g/mol. The molecule has 3 nitrogen and oxygen atoms in total. The molecule has 4 rings (SSSR count). The SMILES string of the molecule is CCOc1cc(C(=S)N2CCc3ccccc3C2)ccc1OCc1ccc(Br)cc1. The molecule has 0 aromatic heterocycles. The molecule has 1 aliphatic rings. The first-order valence-corrected chi connectivity index (χ1v) is 11.3. The number of benzene rings is 3. The number of hydrogen-bond donors (Lipinski definition) is 0. The first-order chi connectivity index (χ1) is 14.6. The number of thiocarbonyl (C=S) groups is 1. The van der Waals surface area contributed by atoms with Crippen LogP contribution < -0.4 is 9.47 Å². The van der Waals surface area contributed by atoms with Crippen LogP contribution >= 0.6 is 28.1 Å². The van der Waals surface area contributed by atoms with Crippen molar-refractivity contribution >= 4 is 33.1 Å². The van der Waals surface area contributed by atoms with E-state index in [0.717, 1.165) is 51.6 Å². The summed E-state index contributed by atoms with van der Waals surface area (Å²) >= 11 is 9.29. The summed E-state index contributed by atoms with van der Waals surface area (Å²) in [5, 5.41) is 0. The number of hydrogen-bond acceptors (Lipinski definition) is 3. The maximum absolute atomic E-state index is 6.05. The molecular formula is C25H24BrNO2S. The topological polar surface area (TPSA) is 21.7 Å². The Bertz CT molecular complexity index is 1040. The minimum absolute atomic E-state index is 0.486. The second-order valence-corrected chi connectivity index (χ2v) is 8.56. The molecule has 154 valence electrons. The lowest BCUT2D eigenvalue weighted by molar-refractivity contribution is 0.269. The summed E-state index contributed by atoms with van der Waals surface area (Å²) in [6, 6.07) is 22.7. The van der Waals surface area contributed by atoms with Crippen LogP contribution in [-0.4, -0.2) is 23.0 Å². The molecule has 0 saturated carbocycles. The van der Waals surface area contributed by atoms with E-state index in [-0.39, 0.29) is 0 Å². The van der Waals surface area contributed by atoms with E-state index in [9.17, 15) is 0 Å². The van der Waals surface area contributed by atoms with Crippen molar-refractivity contribution in [1.29, 1.82) is 0 Å². The van der Waals surface area contributed by atoms with Crippen molar-refractivity contribution in [3.8, 4) is 11.5 Å². The van der Waals surface area contributed by atoms with Crippen molar-refractivity contribution in [1.82, 2.24) is 4.90 Å². The standard InChI is InChI=1S/C25H24BrNO2S/c1-2-28-24-15-20(9-12-23(24)29-17-18-7-10-22(26)11-8-18)25(30)27-14-13-19-5-3-4-6-21(19)16-27/h3-12,15H,2,13-14,16-17H2,1H3. The van der Waals surface area contributed by atoms with Gasteiger partial charge in [-0.2, -0.15) is 0 Å². The molecule has 0 unspecified atom stereocenters. The van der Waals surface area contributed by atoms with Gasteiger partial charge >= 0.3 is 0 Å². The highest BCUT2D eigenvalue weighted by molar-refractivity contribution is 9.10. The van der Waals surface area contributed by atoms with Crippen LogP contribution in [0.5, 0.6) is 11.5 Å². The summed E-state index contributed by atoms with van der Waals surface area (Å²) in [7, 11) is 0. The Hall–Kier alpha value is -2.37. The molecule has 3 aromatic carbocycles. The zero-order chi connectivity index (χ0) is 20.9. The molecule has 0 bridgehead atoms. The van der Waals surface area contributed by atoms with Gasteiger partial charge in [0.1, 0.15) is 11.6 Å². The summed E-state index contributed by atoms with van der Waals surface area (Å²) < 4.78 is 13.0. The minimum atomic E-state index is 0.486. The van der Waals surface area contributed by atoms with E-state index in [1.54, 1.807) is 0 Å². The molecule has 5 heteroatoms. The van der Waals surface area contributed by atoms with Gasteiger partial charge in [-0.15, -0.1) is 0 Å². The summed E-state index contributed by atoms with van der Waals surface area (Å²) in [5.41, 5.74) is 4.87. The summed E-state index contributed by atoms with van der Waals surface area (Å²) in [6.45, 7) is 4.81. The summed E-state index contributed by atoms with van der Waals surface area (Å²) in [6.07, 6.45) is 1.02. The van der Waals surface area contributed by atoms with Crippen molar-refractivity contribution in [2.24, 2.45) is 0 Å². The second kappa shape index (κ2) is 9.63. The van der Waals surface area contributed by atoms with Gasteiger partial charge in [0.05, 0.1) is 6.61 Å². The number of nitrogens with zero attached hydrogens (tertiary/aromatic N) is 1. The molecule has 30 heavy (non-hydrogen) atoms. The number of ether oxygens (including phenoxy) is 2.